The zero-order valence-corrected chi connectivity index (χ0v) is 17.3. The van der Waals surface area contributed by atoms with Gasteiger partial charge in [-0.15, -0.1) is 11.8 Å². The zero-order chi connectivity index (χ0) is 20.5. The third-order valence-electron chi connectivity index (χ3n) is 4.44. The lowest BCUT2D eigenvalue weighted by atomic mass is 10.2. The van der Waals surface area contributed by atoms with E-state index in [1.54, 1.807) is 12.1 Å². The van der Waals surface area contributed by atoms with E-state index in [-0.39, 0.29) is 32.1 Å². The molecule has 1 heterocycles. The predicted octanol–water partition coefficient (Wildman–Crippen LogP) is 3.49. The third-order valence-corrected chi connectivity index (χ3v) is 7.41. The number of piperazine rings is 1. The van der Waals surface area contributed by atoms with E-state index in [0.29, 0.717) is 16.7 Å². The molecule has 0 bridgehead atoms. The van der Waals surface area contributed by atoms with Crippen LogP contribution in [0.5, 0.6) is 0 Å². The van der Waals surface area contributed by atoms with Crippen LogP contribution in [0.3, 0.4) is 0 Å². The number of carbonyl (C=O) groups is 1. The lowest BCUT2D eigenvalue weighted by Gasteiger charge is -2.34. The van der Waals surface area contributed by atoms with Crippen LogP contribution in [-0.4, -0.2) is 56.0 Å². The average Bonchev–Trinajstić information content (AvgIpc) is 2.69. The summed E-state index contributed by atoms with van der Waals surface area (Å²) in [7, 11) is -4.20. The highest BCUT2D eigenvalue weighted by atomic mass is 35.5. The van der Waals surface area contributed by atoms with Crippen LogP contribution >= 0.6 is 23.4 Å². The van der Waals surface area contributed by atoms with Crippen molar-refractivity contribution in [1.82, 2.24) is 9.21 Å². The number of hydrogen-bond donors (Lipinski definition) is 0. The van der Waals surface area contributed by atoms with Crippen LogP contribution in [0, 0.1) is 11.6 Å². The summed E-state index contributed by atoms with van der Waals surface area (Å²) < 4.78 is 53.6. The van der Waals surface area contributed by atoms with E-state index < -0.39 is 26.6 Å². The lowest BCUT2D eigenvalue weighted by Crippen LogP contribution is -2.50. The summed E-state index contributed by atoms with van der Waals surface area (Å²) in [5.41, 5.74) is 0.348. The molecule has 10 heteroatoms. The zero-order valence-electron chi connectivity index (χ0n) is 14.9. The van der Waals surface area contributed by atoms with E-state index in [4.69, 9.17) is 11.6 Å². The summed E-state index contributed by atoms with van der Waals surface area (Å²) >= 11 is 7.62. The molecule has 150 valence electrons. The van der Waals surface area contributed by atoms with Crippen molar-refractivity contribution in [2.45, 2.75) is 9.79 Å². The molecule has 0 atom stereocenters. The van der Waals surface area contributed by atoms with Gasteiger partial charge in [0.1, 0.15) is 16.5 Å². The molecule has 0 radical (unpaired) electrons. The first-order chi connectivity index (χ1) is 13.2. The monoisotopic (exact) mass is 446 g/mol. The average molecular weight is 447 g/mol. The topological polar surface area (TPSA) is 57.7 Å². The van der Waals surface area contributed by atoms with Crippen molar-refractivity contribution in [3.8, 4) is 0 Å². The maximum absolute atomic E-state index is 13.9. The first-order valence-electron chi connectivity index (χ1n) is 8.32. The minimum Gasteiger partial charge on any atom is -0.336 e. The van der Waals surface area contributed by atoms with Crippen LogP contribution in [0.25, 0.3) is 0 Å². The number of halogens is 3. The van der Waals surface area contributed by atoms with Crippen LogP contribution in [0.4, 0.5) is 8.78 Å². The minimum absolute atomic E-state index is 0.0239. The van der Waals surface area contributed by atoms with Crippen LogP contribution < -0.4 is 0 Å². The van der Waals surface area contributed by atoms with Crippen LogP contribution in [0.15, 0.2) is 46.2 Å². The normalized spacial score (nSPS) is 15.6. The van der Waals surface area contributed by atoms with Crippen LogP contribution in [-0.2, 0) is 10.0 Å². The van der Waals surface area contributed by atoms with E-state index in [1.165, 1.54) is 16.7 Å². The summed E-state index contributed by atoms with van der Waals surface area (Å²) in [6.45, 7) is 0.192. The van der Waals surface area contributed by atoms with Crippen molar-refractivity contribution >= 4 is 39.3 Å². The second kappa shape index (κ2) is 8.36. The SMILES string of the molecule is CSc1ccc(Cl)c(C(=O)N2CCN(S(=O)(=O)c3cc(F)ccc3F)CC2)c1. The van der Waals surface area contributed by atoms with E-state index in [9.17, 15) is 22.0 Å². The molecule has 1 aliphatic rings. The van der Waals surface area contributed by atoms with Gasteiger partial charge in [0.05, 0.1) is 10.6 Å². The van der Waals surface area contributed by atoms with Gasteiger partial charge in [-0.3, -0.25) is 4.79 Å². The van der Waals surface area contributed by atoms with E-state index in [2.05, 4.69) is 0 Å². The van der Waals surface area contributed by atoms with Gasteiger partial charge in [-0.05, 0) is 42.7 Å². The summed E-state index contributed by atoms with van der Waals surface area (Å²) in [6.07, 6.45) is 1.88. The molecule has 3 rings (SSSR count). The van der Waals surface area contributed by atoms with Gasteiger partial charge in [-0.2, -0.15) is 4.31 Å². The Balaban J connectivity index is 1.75. The largest absolute Gasteiger partial charge is 0.336 e. The van der Waals surface area contributed by atoms with Gasteiger partial charge in [-0.25, -0.2) is 17.2 Å². The Kier molecular flexibility index (Phi) is 6.28. The van der Waals surface area contributed by atoms with Gasteiger partial charge in [0, 0.05) is 31.1 Å². The number of carbonyl (C=O) groups excluding carboxylic acids is 1. The van der Waals surface area contributed by atoms with E-state index >= 15 is 0 Å². The minimum atomic E-state index is -4.20. The predicted molar refractivity (Wildman–Crippen MR) is 104 cm³/mol. The van der Waals surface area contributed by atoms with Gasteiger partial charge in [0.2, 0.25) is 10.0 Å². The smallest absolute Gasteiger partial charge is 0.255 e. The molecule has 2 aromatic rings. The van der Waals surface area contributed by atoms with Crippen molar-refractivity contribution < 1.29 is 22.0 Å². The molecule has 0 aliphatic carbocycles. The number of nitrogens with zero attached hydrogens (tertiary/aromatic N) is 2. The van der Waals surface area contributed by atoms with Gasteiger partial charge < -0.3 is 4.90 Å². The molecular weight excluding hydrogens is 430 g/mol. The van der Waals surface area contributed by atoms with E-state index in [0.717, 1.165) is 21.3 Å². The lowest BCUT2D eigenvalue weighted by molar-refractivity contribution is 0.0697. The fraction of sp³-hybridized carbons (Fsp3) is 0.278. The summed E-state index contributed by atoms with van der Waals surface area (Å²) in [5, 5.41) is 0.319. The Hall–Kier alpha value is -1.68. The van der Waals surface area contributed by atoms with Crippen molar-refractivity contribution in [2.75, 3.05) is 32.4 Å². The molecule has 0 saturated carbocycles. The molecule has 1 aliphatic heterocycles. The molecule has 2 aromatic carbocycles. The summed E-state index contributed by atoms with van der Waals surface area (Å²) in [5.74, 6) is -2.15. The Morgan fingerprint density at radius 3 is 2.39 bits per heavy atom. The summed E-state index contributed by atoms with van der Waals surface area (Å²) in [4.78, 5) is 14.4. The number of rotatable bonds is 4. The molecule has 28 heavy (non-hydrogen) atoms. The molecule has 0 aromatic heterocycles. The van der Waals surface area contributed by atoms with Gasteiger partial charge in [0.25, 0.3) is 5.91 Å². The van der Waals surface area contributed by atoms with Gasteiger partial charge >= 0.3 is 0 Å². The molecule has 0 unspecified atom stereocenters. The number of thioether (sulfide) groups is 1. The number of amides is 1. The molecule has 1 saturated heterocycles. The molecule has 0 N–H and O–H groups in total. The molecule has 1 amide bonds. The van der Waals surface area contributed by atoms with Crippen molar-refractivity contribution in [3.05, 3.63) is 58.6 Å². The third kappa shape index (κ3) is 4.17. The maximum Gasteiger partial charge on any atom is 0.255 e. The number of benzene rings is 2. The first kappa shape index (κ1) is 21.0. The Labute approximate surface area is 171 Å². The standard InChI is InChI=1S/C18H17ClF2N2O3S2/c1-27-13-3-4-15(19)14(11-13)18(24)22-6-8-23(9-7-22)28(25,26)17-10-12(20)2-5-16(17)21/h2-5,10-11H,6-9H2,1H3. The first-order valence-corrected chi connectivity index (χ1v) is 11.4. The highest BCUT2D eigenvalue weighted by molar-refractivity contribution is 7.98. The maximum atomic E-state index is 13.9. The second-order valence-corrected chi connectivity index (χ2v) is 9.31. The number of sulfonamides is 1. The Morgan fingerprint density at radius 1 is 1.07 bits per heavy atom. The fourth-order valence-corrected chi connectivity index (χ4v) is 5.05. The molecular formula is C18H17ClF2N2O3S2. The van der Waals surface area contributed by atoms with Gasteiger partial charge in [-0.1, -0.05) is 11.6 Å². The van der Waals surface area contributed by atoms with Crippen LogP contribution in [0.2, 0.25) is 5.02 Å². The van der Waals surface area contributed by atoms with Crippen molar-refractivity contribution in [3.63, 3.8) is 0 Å². The van der Waals surface area contributed by atoms with E-state index in [1.807, 2.05) is 12.3 Å². The van der Waals surface area contributed by atoms with Crippen molar-refractivity contribution in [1.29, 1.82) is 0 Å². The highest BCUT2D eigenvalue weighted by Gasteiger charge is 2.33. The molecule has 5 nitrogen and oxygen atoms in total. The number of hydrogen-bond acceptors (Lipinski definition) is 4. The Morgan fingerprint density at radius 2 is 1.75 bits per heavy atom. The van der Waals surface area contributed by atoms with Crippen LogP contribution in [0.1, 0.15) is 10.4 Å². The highest BCUT2D eigenvalue weighted by Crippen LogP contribution is 2.26. The summed E-state index contributed by atoms with van der Waals surface area (Å²) in [6, 6.07) is 7.45. The fourth-order valence-electron chi connectivity index (χ4n) is 2.91. The Bertz CT molecular complexity index is 1010. The molecule has 1 fully saturated rings. The van der Waals surface area contributed by atoms with Gasteiger partial charge in [0.15, 0.2) is 0 Å². The van der Waals surface area contributed by atoms with Crippen molar-refractivity contribution in [2.24, 2.45) is 0 Å². The molecule has 0 spiro atoms. The second-order valence-electron chi connectivity index (χ2n) is 6.12. The quantitative estimate of drug-likeness (QED) is 0.675.